The zero-order chi connectivity index (χ0) is 13.4. The van der Waals surface area contributed by atoms with Crippen molar-refractivity contribution < 1.29 is 33.1 Å². The summed E-state index contributed by atoms with van der Waals surface area (Å²) in [7, 11) is 0. The SMILES string of the molecule is O=C(O)c1nc(O)c(C(F)(F)F)cc1[N+](=O)[O-]. The zero-order valence-electron chi connectivity index (χ0n) is 7.72. The van der Waals surface area contributed by atoms with E-state index in [-0.39, 0.29) is 6.07 Å². The number of aromatic carboxylic acids is 1. The van der Waals surface area contributed by atoms with Crippen LogP contribution in [0.2, 0.25) is 0 Å². The number of pyridine rings is 1. The highest BCUT2D eigenvalue weighted by molar-refractivity contribution is 5.90. The molecule has 2 N–H and O–H groups in total. The maximum atomic E-state index is 12.3. The summed E-state index contributed by atoms with van der Waals surface area (Å²) in [5.74, 6) is -3.54. The number of rotatable bonds is 2. The lowest BCUT2D eigenvalue weighted by atomic mass is 10.2. The highest BCUT2D eigenvalue weighted by Gasteiger charge is 2.38. The lowest BCUT2D eigenvalue weighted by Gasteiger charge is -2.08. The number of hydrogen-bond acceptors (Lipinski definition) is 5. The lowest BCUT2D eigenvalue weighted by molar-refractivity contribution is -0.385. The molecule has 0 amide bonds. The molecule has 0 radical (unpaired) electrons. The predicted octanol–water partition coefficient (Wildman–Crippen LogP) is 1.41. The molecular weight excluding hydrogens is 249 g/mol. The first-order valence-corrected chi connectivity index (χ1v) is 3.83. The fourth-order valence-electron chi connectivity index (χ4n) is 0.998. The van der Waals surface area contributed by atoms with Gasteiger partial charge in [0.2, 0.25) is 11.6 Å². The first kappa shape index (κ1) is 12.7. The molecule has 0 aromatic carbocycles. The molecule has 0 spiro atoms. The molecule has 92 valence electrons. The maximum Gasteiger partial charge on any atom is 0.421 e. The summed E-state index contributed by atoms with van der Waals surface area (Å²) >= 11 is 0. The summed E-state index contributed by atoms with van der Waals surface area (Å²) < 4.78 is 36.8. The summed E-state index contributed by atoms with van der Waals surface area (Å²) in [5.41, 5.74) is -4.38. The van der Waals surface area contributed by atoms with E-state index in [0.717, 1.165) is 0 Å². The van der Waals surface area contributed by atoms with E-state index in [1.54, 1.807) is 0 Å². The Bertz CT molecular complexity index is 499. The molecule has 1 heterocycles. The Labute approximate surface area is 90.3 Å². The average Bonchev–Trinajstić information content (AvgIpc) is 2.14. The molecule has 1 aromatic heterocycles. The third kappa shape index (κ3) is 2.41. The molecule has 0 unspecified atom stereocenters. The van der Waals surface area contributed by atoms with E-state index in [4.69, 9.17) is 10.2 Å². The molecule has 1 rings (SSSR count). The van der Waals surface area contributed by atoms with E-state index >= 15 is 0 Å². The Balaban J connectivity index is 3.57. The average molecular weight is 252 g/mol. The molecule has 10 heteroatoms. The fourth-order valence-corrected chi connectivity index (χ4v) is 0.998. The molecule has 7 nitrogen and oxygen atoms in total. The van der Waals surface area contributed by atoms with Crippen molar-refractivity contribution in [3.63, 3.8) is 0 Å². The summed E-state index contributed by atoms with van der Waals surface area (Å²) in [6.45, 7) is 0. The largest absolute Gasteiger partial charge is 0.493 e. The molecule has 0 aliphatic heterocycles. The lowest BCUT2D eigenvalue weighted by Crippen LogP contribution is -2.12. The minimum Gasteiger partial charge on any atom is -0.493 e. The van der Waals surface area contributed by atoms with E-state index < -0.39 is 39.9 Å². The molecule has 0 saturated carbocycles. The van der Waals surface area contributed by atoms with Gasteiger partial charge >= 0.3 is 17.8 Å². The van der Waals surface area contributed by atoms with Crippen LogP contribution in [0.3, 0.4) is 0 Å². The number of nitrogens with zero attached hydrogens (tertiary/aromatic N) is 2. The van der Waals surface area contributed by atoms with Crippen molar-refractivity contribution in [1.29, 1.82) is 0 Å². The molecule has 0 saturated heterocycles. The van der Waals surface area contributed by atoms with Crippen molar-refractivity contribution >= 4 is 11.7 Å². The van der Waals surface area contributed by atoms with Crippen LogP contribution < -0.4 is 0 Å². The van der Waals surface area contributed by atoms with E-state index in [0.29, 0.717) is 0 Å². The monoisotopic (exact) mass is 252 g/mol. The van der Waals surface area contributed by atoms with Crippen molar-refractivity contribution in [2.24, 2.45) is 0 Å². The van der Waals surface area contributed by atoms with Crippen LogP contribution >= 0.6 is 0 Å². The molecule has 0 atom stereocenters. The smallest absolute Gasteiger partial charge is 0.421 e. The Kier molecular flexibility index (Phi) is 2.90. The van der Waals surface area contributed by atoms with Crippen LogP contribution in [0.15, 0.2) is 6.07 Å². The normalized spacial score (nSPS) is 11.2. The van der Waals surface area contributed by atoms with E-state index in [1.807, 2.05) is 0 Å². The number of carboxylic acid groups (broad SMARTS) is 1. The molecule has 17 heavy (non-hydrogen) atoms. The van der Waals surface area contributed by atoms with Gasteiger partial charge in [-0.15, -0.1) is 0 Å². The molecule has 1 aromatic rings. The van der Waals surface area contributed by atoms with Gasteiger partial charge in [0.15, 0.2) is 0 Å². The van der Waals surface area contributed by atoms with Crippen LogP contribution in [-0.2, 0) is 6.18 Å². The number of nitro groups is 1. The van der Waals surface area contributed by atoms with Crippen LogP contribution in [-0.4, -0.2) is 26.1 Å². The fraction of sp³-hybridized carbons (Fsp3) is 0.143. The Morgan fingerprint density at radius 1 is 1.47 bits per heavy atom. The second-order valence-corrected chi connectivity index (χ2v) is 2.79. The topological polar surface area (TPSA) is 114 Å². The van der Waals surface area contributed by atoms with Gasteiger partial charge in [-0.25, -0.2) is 4.79 Å². The molecule has 0 bridgehead atoms. The summed E-state index contributed by atoms with van der Waals surface area (Å²) in [6, 6.07) is -0.0776. The van der Waals surface area contributed by atoms with Crippen molar-refractivity contribution in [3.8, 4) is 5.88 Å². The van der Waals surface area contributed by atoms with Crippen LogP contribution in [0.1, 0.15) is 16.1 Å². The van der Waals surface area contributed by atoms with Gasteiger partial charge in [-0.1, -0.05) is 0 Å². The molecule has 0 aliphatic rings. The van der Waals surface area contributed by atoms with Gasteiger partial charge in [-0.05, 0) is 0 Å². The Morgan fingerprint density at radius 2 is 2.00 bits per heavy atom. The summed E-state index contributed by atoms with van der Waals surface area (Å²) in [5, 5.41) is 27.7. The third-order valence-electron chi connectivity index (χ3n) is 1.69. The number of alkyl halides is 3. The van der Waals surface area contributed by atoms with E-state index in [1.165, 1.54) is 0 Å². The van der Waals surface area contributed by atoms with Crippen LogP contribution in [0.25, 0.3) is 0 Å². The third-order valence-corrected chi connectivity index (χ3v) is 1.69. The van der Waals surface area contributed by atoms with E-state index in [9.17, 15) is 28.1 Å². The number of carboxylic acids is 1. The van der Waals surface area contributed by atoms with Crippen molar-refractivity contribution in [1.82, 2.24) is 4.98 Å². The number of aromatic nitrogens is 1. The van der Waals surface area contributed by atoms with Gasteiger partial charge in [0.05, 0.1) is 4.92 Å². The number of aromatic hydroxyl groups is 1. The molecular formula is C7H3F3N2O5. The summed E-state index contributed by atoms with van der Waals surface area (Å²) in [6.07, 6.45) is -5.07. The standard InChI is InChI=1S/C7H3F3N2O5/c8-7(9,10)2-1-3(12(16)17)4(6(14)15)11-5(2)13/h1H,(H,11,13)(H,14,15). The first-order chi connectivity index (χ1) is 7.64. The second-order valence-electron chi connectivity index (χ2n) is 2.79. The number of carbonyl (C=O) groups is 1. The van der Waals surface area contributed by atoms with Gasteiger partial charge in [0, 0.05) is 6.07 Å². The van der Waals surface area contributed by atoms with Crippen molar-refractivity contribution in [2.75, 3.05) is 0 Å². The van der Waals surface area contributed by atoms with Crippen LogP contribution in [0.5, 0.6) is 5.88 Å². The van der Waals surface area contributed by atoms with Crippen LogP contribution in [0.4, 0.5) is 18.9 Å². The molecule has 0 aliphatic carbocycles. The van der Waals surface area contributed by atoms with E-state index in [2.05, 4.69) is 4.98 Å². The summed E-state index contributed by atoms with van der Waals surface area (Å²) in [4.78, 5) is 22.2. The minimum absolute atomic E-state index is 0.0776. The first-order valence-electron chi connectivity index (χ1n) is 3.83. The Hall–Kier alpha value is -2.39. The Morgan fingerprint density at radius 3 is 2.35 bits per heavy atom. The number of hydrogen-bond donors (Lipinski definition) is 2. The number of halogens is 3. The van der Waals surface area contributed by atoms with Gasteiger partial charge in [0.25, 0.3) is 0 Å². The van der Waals surface area contributed by atoms with Gasteiger partial charge < -0.3 is 10.2 Å². The van der Waals surface area contributed by atoms with Crippen molar-refractivity contribution in [2.45, 2.75) is 6.18 Å². The van der Waals surface area contributed by atoms with Crippen LogP contribution in [0, 0.1) is 10.1 Å². The maximum absolute atomic E-state index is 12.3. The highest BCUT2D eigenvalue weighted by atomic mass is 19.4. The highest BCUT2D eigenvalue weighted by Crippen LogP contribution is 2.37. The van der Waals surface area contributed by atoms with Crippen molar-refractivity contribution in [3.05, 3.63) is 27.4 Å². The second kappa shape index (κ2) is 3.88. The molecule has 0 fully saturated rings. The quantitative estimate of drug-likeness (QED) is 0.607. The zero-order valence-corrected chi connectivity index (χ0v) is 7.72. The van der Waals surface area contributed by atoms with Gasteiger partial charge in [-0.2, -0.15) is 18.2 Å². The van der Waals surface area contributed by atoms with Gasteiger partial charge in [-0.3, -0.25) is 10.1 Å². The minimum atomic E-state index is -5.07. The van der Waals surface area contributed by atoms with Gasteiger partial charge in [0.1, 0.15) is 5.56 Å². The predicted molar refractivity (Wildman–Crippen MR) is 44.5 cm³/mol.